The number of nitrogens with zero attached hydrogens (tertiary/aromatic N) is 2. The Morgan fingerprint density at radius 1 is 1.30 bits per heavy atom. The van der Waals surface area contributed by atoms with Crippen molar-refractivity contribution in [1.82, 2.24) is 9.88 Å². The number of aromatic hydroxyl groups is 1. The molecule has 27 heavy (non-hydrogen) atoms. The molecule has 1 aliphatic carbocycles. The summed E-state index contributed by atoms with van der Waals surface area (Å²) in [4.78, 5) is 6.05. The number of halogens is 1. The number of β-amino-alcohol motifs (C(OH)–C–C–N with tert-alkyl or cyclic N) is 2. The lowest BCUT2D eigenvalue weighted by Crippen LogP contribution is -2.36. The number of hydrogen-bond acceptors (Lipinski definition) is 6. The number of para-hydroxylation sites is 1. The van der Waals surface area contributed by atoms with Crippen molar-refractivity contribution in [3.63, 3.8) is 0 Å². The van der Waals surface area contributed by atoms with Gasteiger partial charge in [-0.3, -0.25) is 9.88 Å². The zero-order valence-electron chi connectivity index (χ0n) is 14.8. The van der Waals surface area contributed by atoms with E-state index in [-0.39, 0.29) is 23.5 Å². The normalized spacial score (nSPS) is 28.9. The van der Waals surface area contributed by atoms with Gasteiger partial charge in [-0.15, -0.1) is 0 Å². The van der Waals surface area contributed by atoms with Gasteiger partial charge in [-0.25, -0.2) is 4.39 Å². The monoisotopic (exact) mass is 374 g/mol. The lowest BCUT2D eigenvalue weighted by atomic mass is 9.95. The van der Waals surface area contributed by atoms with Gasteiger partial charge in [0.25, 0.3) is 0 Å². The molecule has 4 rings (SSSR count). The number of pyridine rings is 1. The van der Waals surface area contributed by atoms with Crippen LogP contribution in [0.25, 0.3) is 0 Å². The van der Waals surface area contributed by atoms with Crippen molar-refractivity contribution >= 4 is 0 Å². The lowest BCUT2D eigenvalue weighted by molar-refractivity contribution is 0.0174. The summed E-state index contributed by atoms with van der Waals surface area (Å²) in [7, 11) is 0. The Balaban J connectivity index is 1.35. The minimum atomic E-state index is -0.891. The van der Waals surface area contributed by atoms with Crippen LogP contribution in [0.1, 0.15) is 24.6 Å². The van der Waals surface area contributed by atoms with Gasteiger partial charge in [-0.05, 0) is 30.7 Å². The molecule has 0 unspecified atom stereocenters. The summed E-state index contributed by atoms with van der Waals surface area (Å²) in [6.07, 6.45) is 1.38. The molecule has 7 heteroatoms. The van der Waals surface area contributed by atoms with E-state index in [4.69, 9.17) is 4.74 Å². The van der Waals surface area contributed by atoms with E-state index in [1.807, 2.05) is 4.90 Å². The van der Waals surface area contributed by atoms with Crippen LogP contribution in [0.2, 0.25) is 0 Å². The third-order valence-corrected chi connectivity index (χ3v) is 5.54. The van der Waals surface area contributed by atoms with E-state index in [2.05, 4.69) is 4.98 Å². The predicted molar refractivity (Wildman–Crippen MR) is 95.8 cm³/mol. The molecule has 0 bridgehead atoms. The maximum atomic E-state index is 13.8. The maximum Gasteiger partial charge on any atom is 0.165 e. The van der Waals surface area contributed by atoms with Crippen LogP contribution in [0.5, 0.6) is 11.5 Å². The van der Waals surface area contributed by atoms with Crippen LogP contribution < -0.4 is 4.74 Å². The Morgan fingerprint density at radius 2 is 2.11 bits per heavy atom. The number of likely N-dealkylation sites (tertiary alicyclic amines) is 1. The molecular formula is C20H23FN2O4. The first kappa shape index (κ1) is 18.2. The lowest BCUT2D eigenvalue weighted by Gasteiger charge is -2.24. The number of ether oxygens (including phenoxy) is 1. The highest BCUT2D eigenvalue weighted by Gasteiger charge is 2.52. The van der Waals surface area contributed by atoms with Gasteiger partial charge in [0, 0.05) is 32.0 Å². The largest absolute Gasteiger partial charge is 0.506 e. The summed E-state index contributed by atoms with van der Waals surface area (Å²) in [5.41, 5.74) is -0.407. The molecule has 1 aliphatic heterocycles. The van der Waals surface area contributed by atoms with Gasteiger partial charge < -0.3 is 20.1 Å². The van der Waals surface area contributed by atoms with Crippen LogP contribution in [0, 0.1) is 11.7 Å². The smallest absolute Gasteiger partial charge is 0.165 e. The third-order valence-electron chi connectivity index (χ3n) is 5.54. The second kappa shape index (κ2) is 7.07. The molecular weight excluding hydrogens is 351 g/mol. The van der Waals surface area contributed by atoms with Crippen molar-refractivity contribution in [2.24, 2.45) is 5.92 Å². The molecule has 0 radical (unpaired) electrons. The van der Waals surface area contributed by atoms with Crippen molar-refractivity contribution in [3.05, 3.63) is 54.1 Å². The second-order valence-electron chi connectivity index (χ2n) is 7.56. The Hall–Kier alpha value is -2.22. The number of aliphatic hydroxyl groups excluding tert-OH is 1. The van der Waals surface area contributed by atoms with E-state index in [0.29, 0.717) is 38.2 Å². The molecule has 1 aromatic heterocycles. The predicted octanol–water partition coefficient (Wildman–Crippen LogP) is 1.86. The number of aliphatic hydroxyl groups is 2. The van der Waals surface area contributed by atoms with Crippen molar-refractivity contribution in [3.8, 4) is 11.5 Å². The first-order chi connectivity index (χ1) is 12.9. The van der Waals surface area contributed by atoms with E-state index < -0.39 is 17.5 Å². The summed E-state index contributed by atoms with van der Waals surface area (Å²) in [5, 5.41) is 30.6. The molecule has 0 amide bonds. The zero-order chi connectivity index (χ0) is 19.0. The SMILES string of the molecule is Oc1ccc([C@@H](O)CN2C[C@@H]3C[C@@H](Oc4ccccc4F)C[C@]3(O)C2)nc1. The van der Waals surface area contributed by atoms with Gasteiger partial charge in [0.05, 0.1) is 17.5 Å². The fourth-order valence-electron chi connectivity index (χ4n) is 4.26. The summed E-state index contributed by atoms with van der Waals surface area (Å²) in [5.74, 6) is -0.101. The number of benzene rings is 1. The van der Waals surface area contributed by atoms with Gasteiger partial charge in [0.1, 0.15) is 18.0 Å². The van der Waals surface area contributed by atoms with Crippen LogP contribution in [0.15, 0.2) is 42.6 Å². The van der Waals surface area contributed by atoms with Gasteiger partial charge in [-0.1, -0.05) is 12.1 Å². The average molecular weight is 374 g/mol. The van der Waals surface area contributed by atoms with Gasteiger partial charge in [0.2, 0.25) is 0 Å². The molecule has 6 nitrogen and oxygen atoms in total. The maximum absolute atomic E-state index is 13.8. The molecule has 1 saturated heterocycles. The van der Waals surface area contributed by atoms with Crippen molar-refractivity contribution in [1.29, 1.82) is 0 Å². The van der Waals surface area contributed by atoms with Crippen LogP contribution in [-0.4, -0.2) is 56.5 Å². The van der Waals surface area contributed by atoms with E-state index in [0.717, 1.165) is 0 Å². The van der Waals surface area contributed by atoms with Crippen molar-refractivity contribution in [2.75, 3.05) is 19.6 Å². The molecule has 1 saturated carbocycles. The molecule has 0 spiro atoms. The molecule has 144 valence electrons. The van der Waals surface area contributed by atoms with Crippen molar-refractivity contribution < 1.29 is 24.4 Å². The molecule has 2 fully saturated rings. The Morgan fingerprint density at radius 3 is 2.81 bits per heavy atom. The minimum Gasteiger partial charge on any atom is -0.506 e. The number of fused-ring (bicyclic) bond motifs is 1. The Bertz CT molecular complexity index is 803. The van der Waals surface area contributed by atoms with Crippen molar-refractivity contribution in [2.45, 2.75) is 30.7 Å². The highest BCUT2D eigenvalue weighted by atomic mass is 19.1. The fraction of sp³-hybridized carbons (Fsp3) is 0.450. The van der Waals surface area contributed by atoms with Gasteiger partial charge in [-0.2, -0.15) is 0 Å². The van der Waals surface area contributed by atoms with E-state index in [9.17, 15) is 19.7 Å². The van der Waals surface area contributed by atoms with Gasteiger partial charge >= 0.3 is 0 Å². The van der Waals surface area contributed by atoms with Crippen LogP contribution in [0.3, 0.4) is 0 Å². The Kier molecular flexibility index (Phi) is 4.75. The van der Waals surface area contributed by atoms with Crippen LogP contribution in [0.4, 0.5) is 4.39 Å². The number of aromatic nitrogens is 1. The van der Waals surface area contributed by atoms with E-state index in [1.54, 1.807) is 24.3 Å². The molecule has 2 aromatic rings. The number of hydrogen-bond donors (Lipinski definition) is 3. The molecule has 1 aromatic carbocycles. The quantitative estimate of drug-likeness (QED) is 0.741. The highest BCUT2D eigenvalue weighted by Crippen LogP contribution is 2.43. The second-order valence-corrected chi connectivity index (χ2v) is 7.56. The molecule has 2 heterocycles. The molecule has 2 aliphatic rings. The van der Waals surface area contributed by atoms with E-state index in [1.165, 1.54) is 18.3 Å². The molecule has 4 atom stereocenters. The summed E-state index contributed by atoms with van der Waals surface area (Å²) in [6.45, 7) is 1.43. The van der Waals surface area contributed by atoms with Gasteiger partial charge in [0.15, 0.2) is 11.6 Å². The first-order valence-electron chi connectivity index (χ1n) is 9.12. The molecule has 3 N–H and O–H groups in total. The van der Waals surface area contributed by atoms with E-state index >= 15 is 0 Å². The summed E-state index contributed by atoms with van der Waals surface area (Å²) in [6, 6.07) is 9.38. The summed E-state index contributed by atoms with van der Waals surface area (Å²) < 4.78 is 19.5. The number of rotatable bonds is 5. The first-order valence-corrected chi connectivity index (χ1v) is 9.12. The standard InChI is InChI=1S/C20H23FN2O4/c21-16-3-1-2-4-19(16)27-15-7-13-10-23(12-20(13,26)8-15)11-18(25)17-6-5-14(24)9-22-17/h1-6,9,13,15,18,24-26H,7-8,10-12H2/t13-,15+,18-,20-/m0/s1. The average Bonchev–Trinajstić information content (AvgIpc) is 3.07. The third kappa shape index (κ3) is 3.76. The van der Waals surface area contributed by atoms with Crippen LogP contribution >= 0.6 is 0 Å². The topological polar surface area (TPSA) is 86.1 Å². The summed E-state index contributed by atoms with van der Waals surface area (Å²) >= 11 is 0. The fourth-order valence-corrected chi connectivity index (χ4v) is 4.26. The Labute approximate surface area is 156 Å². The van der Waals surface area contributed by atoms with Crippen LogP contribution in [-0.2, 0) is 0 Å². The zero-order valence-corrected chi connectivity index (χ0v) is 14.8. The minimum absolute atomic E-state index is 0.0225. The highest BCUT2D eigenvalue weighted by molar-refractivity contribution is 5.24.